The van der Waals surface area contributed by atoms with Gasteiger partial charge in [0.1, 0.15) is 16.8 Å². The van der Waals surface area contributed by atoms with Crippen molar-refractivity contribution in [3.05, 3.63) is 17.0 Å². The van der Waals surface area contributed by atoms with Gasteiger partial charge in [-0.1, -0.05) is 18.5 Å². The standard InChI is InChI=1S/C10H16ClN3OS/c1-4-9-13-8(11)5-10(14-9)12-6-7(2)16(3)15/h5,7H,4,6H2,1-3H3,(H,12,13,14). The van der Waals surface area contributed by atoms with Crippen LogP contribution >= 0.6 is 11.6 Å². The van der Waals surface area contributed by atoms with E-state index in [1.54, 1.807) is 12.3 Å². The van der Waals surface area contributed by atoms with Crippen molar-refractivity contribution in [3.63, 3.8) is 0 Å². The summed E-state index contributed by atoms with van der Waals surface area (Å²) in [5.74, 6) is 1.40. The fraction of sp³-hybridized carbons (Fsp3) is 0.600. The Kier molecular flexibility index (Phi) is 5.15. The lowest BCUT2D eigenvalue weighted by atomic mass is 10.4. The minimum absolute atomic E-state index is 0.0822. The minimum Gasteiger partial charge on any atom is -0.369 e. The Balaban J connectivity index is 2.66. The predicted molar refractivity (Wildman–Crippen MR) is 68.4 cm³/mol. The number of nitrogens with one attached hydrogen (secondary N) is 1. The van der Waals surface area contributed by atoms with Crippen LogP contribution in [0.3, 0.4) is 0 Å². The third kappa shape index (κ3) is 4.06. The molecule has 1 heterocycles. The average Bonchev–Trinajstić information content (AvgIpc) is 2.24. The van der Waals surface area contributed by atoms with E-state index in [1.165, 1.54) is 0 Å². The SMILES string of the molecule is CCc1nc(Cl)cc(NCC(C)S(C)=O)n1. The van der Waals surface area contributed by atoms with Crippen LogP contribution in [0.15, 0.2) is 6.07 Å². The van der Waals surface area contributed by atoms with E-state index in [9.17, 15) is 4.21 Å². The molecule has 2 atom stereocenters. The zero-order chi connectivity index (χ0) is 12.1. The van der Waals surface area contributed by atoms with E-state index in [4.69, 9.17) is 11.6 Å². The summed E-state index contributed by atoms with van der Waals surface area (Å²) in [6, 6.07) is 1.67. The van der Waals surface area contributed by atoms with E-state index in [0.29, 0.717) is 23.3 Å². The van der Waals surface area contributed by atoms with Crippen LogP contribution in [0.25, 0.3) is 0 Å². The van der Waals surface area contributed by atoms with Crippen molar-refractivity contribution >= 4 is 28.2 Å². The van der Waals surface area contributed by atoms with Crippen LogP contribution < -0.4 is 5.32 Å². The van der Waals surface area contributed by atoms with Crippen molar-refractivity contribution in [2.75, 3.05) is 18.1 Å². The van der Waals surface area contributed by atoms with Crippen LogP contribution in [0.2, 0.25) is 5.15 Å². The smallest absolute Gasteiger partial charge is 0.134 e. The van der Waals surface area contributed by atoms with Crippen molar-refractivity contribution < 1.29 is 4.21 Å². The van der Waals surface area contributed by atoms with Crippen LogP contribution in [0.4, 0.5) is 5.82 Å². The number of halogens is 1. The lowest BCUT2D eigenvalue weighted by Gasteiger charge is -2.11. The number of anilines is 1. The number of hydrogen-bond acceptors (Lipinski definition) is 4. The molecule has 1 aromatic heterocycles. The van der Waals surface area contributed by atoms with Gasteiger partial charge in [-0.25, -0.2) is 9.97 Å². The van der Waals surface area contributed by atoms with Gasteiger partial charge < -0.3 is 5.32 Å². The monoisotopic (exact) mass is 261 g/mol. The average molecular weight is 262 g/mol. The zero-order valence-corrected chi connectivity index (χ0v) is 11.2. The maximum absolute atomic E-state index is 11.2. The largest absolute Gasteiger partial charge is 0.369 e. The normalized spacial score (nSPS) is 14.5. The topological polar surface area (TPSA) is 54.9 Å². The summed E-state index contributed by atoms with van der Waals surface area (Å²) in [6.45, 7) is 4.51. The first kappa shape index (κ1) is 13.4. The molecule has 0 aliphatic carbocycles. The highest BCUT2D eigenvalue weighted by Crippen LogP contribution is 2.12. The molecule has 0 aliphatic heterocycles. The van der Waals surface area contributed by atoms with Gasteiger partial charge in [0.25, 0.3) is 0 Å². The molecule has 16 heavy (non-hydrogen) atoms. The molecule has 0 saturated heterocycles. The van der Waals surface area contributed by atoms with Gasteiger partial charge in [-0.05, 0) is 6.92 Å². The van der Waals surface area contributed by atoms with Crippen LogP contribution in [-0.4, -0.2) is 32.2 Å². The molecule has 0 aromatic carbocycles. The van der Waals surface area contributed by atoms with Crippen LogP contribution in [0.1, 0.15) is 19.7 Å². The fourth-order valence-electron chi connectivity index (χ4n) is 1.08. The summed E-state index contributed by atoms with van der Waals surface area (Å²) >= 11 is 5.86. The molecule has 0 amide bonds. The van der Waals surface area contributed by atoms with Crippen molar-refractivity contribution in [3.8, 4) is 0 Å². The molecule has 1 aromatic rings. The van der Waals surface area contributed by atoms with E-state index in [2.05, 4.69) is 15.3 Å². The van der Waals surface area contributed by atoms with Gasteiger partial charge in [0.15, 0.2) is 0 Å². The lowest BCUT2D eigenvalue weighted by molar-refractivity contribution is 0.678. The highest BCUT2D eigenvalue weighted by atomic mass is 35.5. The molecule has 4 nitrogen and oxygen atoms in total. The summed E-state index contributed by atoms with van der Waals surface area (Å²) in [7, 11) is -0.835. The van der Waals surface area contributed by atoms with Gasteiger partial charge in [-0.3, -0.25) is 4.21 Å². The number of hydrogen-bond donors (Lipinski definition) is 1. The van der Waals surface area contributed by atoms with E-state index in [-0.39, 0.29) is 5.25 Å². The molecule has 6 heteroatoms. The van der Waals surface area contributed by atoms with Gasteiger partial charge in [0.2, 0.25) is 0 Å². The maximum atomic E-state index is 11.2. The molecule has 2 unspecified atom stereocenters. The lowest BCUT2D eigenvalue weighted by Crippen LogP contribution is -2.21. The molecule has 0 bridgehead atoms. The van der Waals surface area contributed by atoms with Gasteiger partial charge >= 0.3 is 0 Å². The predicted octanol–water partition coefficient (Wildman–Crippen LogP) is 1.87. The van der Waals surface area contributed by atoms with Gasteiger partial charge in [0, 0.05) is 41.3 Å². The Morgan fingerprint density at radius 2 is 2.25 bits per heavy atom. The molecule has 0 radical (unpaired) electrons. The number of aryl methyl sites for hydroxylation is 1. The molecule has 0 fully saturated rings. The van der Waals surface area contributed by atoms with E-state index < -0.39 is 10.8 Å². The highest BCUT2D eigenvalue weighted by molar-refractivity contribution is 7.84. The van der Waals surface area contributed by atoms with Gasteiger partial charge in [0.05, 0.1) is 0 Å². The molecule has 0 spiro atoms. The second-order valence-corrected chi connectivity index (χ2v) is 5.72. The van der Waals surface area contributed by atoms with Crippen molar-refractivity contribution in [2.45, 2.75) is 25.5 Å². The summed E-state index contributed by atoms with van der Waals surface area (Å²) in [5.41, 5.74) is 0. The Hall–Kier alpha value is -0.680. The van der Waals surface area contributed by atoms with E-state index in [1.807, 2.05) is 13.8 Å². The molecular weight excluding hydrogens is 246 g/mol. The van der Waals surface area contributed by atoms with Gasteiger partial charge in [-0.2, -0.15) is 0 Å². The van der Waals surface area contributed by atoms with E-state index >= 15 is 0 Å². The second kappa shape index (κ2) is 6.15. The maximum Gasteiger partial charge on any atom is 0.134 e. The molecular formula is C10H16ClN3OS. The molecule has 0 saturated carbocycles. The van der Waals surface area contributed by atoms with Crippen LogP contribution in [-0.2, 0) is 17.2 Å². The zero-order valence-electron chi connectivity index (χ0n) is 9.66. The Bertz CT molecular complexity index is 386. The third-order valence-electron chi connectivity index (χ3n) is 2.19. The van der Waals surface area contributed by atoms with Crippen LogP contribution in [0, 0.1) is 0 Å². The van der Waals surface area contributed by atoms with Crippen molar-refractivity contribution in [1.82, 2.24) is 9.97 Å². The summed E-state index contributed by atoms with van der Waals surface area (Å²) in [4.78, 5) is 8.35. The third-order valence-corrected chi connectivity index (χ3v) is 3.69. The molecule has 90 valence electrons. The van der Waals surface area contributed by atoms with Crippen molar-refractivity contribution in [1.29, 1.82) is 0 Å². The molecule has 0 aliphatic rings. The van der Waals surface area contributed by atoms with Crippen LogP contribution in [0.5, 0.6) is 0 Å². The first-order chi connectivity index (χ1) is 7.52. The van der Waals surface area contributed by atoms with Crippen molar-refractivity contribution in [2.24, 2.45) is 0 Å². The Morgan fingerprint density at radius 1 is 1.56 bits per heavy atom. The van der Waals surface area contributed by atoms with E-state index in [0.717, 1.165) is 6.42 Å². The first-order valence-electron chi connectivity index (χ1n) is 5.12. The summed E-state index contributed by atoms with van der Waals surface area (Å²) in [6.07, 6.45) is 2.43. The molecule has 1 N–H and O–H groups in total. The number of rotatable bonds is 5. The quantitative estimate of drug-likeness (QED) is 0.823. The first-order valence-corrected chi connectivity index (χ1v) is 7.12. The molecule has 1 rings (SSSR count). The number of aromatic nitrogens is 2. The Morgan fingerprint density at radius 3 is 2.81 bits per heavy atom. The van der Waals surface area contributed by atoms with Gasteiger partial charge in [-0.15, -0.1) is 0 Å². The minimum atomic E-state index is -0.835. The Labute approximate surface area is 103 Å². The fourth-order valence-corrected chi connectivity index (χ4v) is 1.60. The summed E-state index contributed by atoms with van der Waals surface area (Å²) in [5, 5.41) is 3.63. The highest BCUT2D eigenvalue weighted by Gasteiger charge is 2.07. The summed E-state index contributed by atoms with van der Waals surface area (Å²) < 4.78 is 11.2. The second-order valence-electron chi connectivity index (χ2n) is 3.54. The number of nitrogens with zero attached hydrogens (tertiary/aromatic N) is 2.